The first-order valence-corrected chi connectivity index (χ1v) is 6.10. The van der Waals surface area contributed by atoms with E-state index >= 15 is 0 Å². The van der Waals surface area contributed by atoms with Crippen molar-refractivity contribution in [1.29, 1.82) is 0 Å². The summed E-state index contributed by atoms with van der Waals surface area (Å²) in [6.07, 6.45) is 0. The fraction of sp³-hybridized carbons (Fsp3) is 0.182. The topological polar surface area (TPSA) is 22.1 Å². The average molecular weight is 255 g/mol. The largest absolute Gasteiger partial charge is 0.491 e. The SMILES string of the molecule is CCOc1ccc(-c2nc(S)cs2)cc1F. The molecule has 1 aromatic carbocycles. The molecule has 84 valence electrons. The van der Waals surface area contributed by atoms with E-state index in [1.54, 1.807) is 12.1 Å². The van der Waals surface area contributed by atoms with Gasteiger partial charge in [-0.3, -0.25) is 0 Å². The Kier molecular flexibility index (Phi) is 3.46. The molecule has 0 aliphatic heterocycles. The van der Waals surface area contributed by atoms with Gasteiger partial charge in [0.1, 0.15) is 10.0 Å². The number of thiazole rings is 1. The summed E-state index contributed by atoms with van der Waals surface area (Å²) in [4.78, 5) is 4.17. The minimum atomic E-state index is -0.365. The van der Waals surface area contributed by atoms with E-state index in [0.29, 0.717) is 11.6 Å². The quantitative estimate of drug-likeness (QED) is 0.846. The predicted octanol–water partition coefficient (Wildman–Crippen LogP) is 3.64. The Hall–Kier alpha value is -1.07. The van der Waals surface area contributed by atoms with E-state index in [9.17, 15) is 4.39 Å². The Labute approximate surface area is 103 Å². The van der Waals surface area contributed by atoms with Crippen molar-refractivity contribution in [2.24, 2.45) is 0 Å². The van der Waals surface area contributed by atoms with E-state index in [4.69, 9.17) is 4.74 Å². The normalized spacial score (nSPS) is 10.4. The summed E-state index contributed by atoms with van der Waals surface area (Å²) >= 11 is 5.55. The van der Waals surface area contributed by atoms with Gasteiger partial charge < -0.3 is 4.74 Å². The molecule has 0 atom stereocenters. The minimum absolute atomic E-state index is 0.272. The van der Waals surface area contributed by atoms with Gasteiger partial charge in [-0.2, -0.15) is 0 Å². The zero-order valence-corrected chi connectivity index (χ0v) is 10.3. The lowest BCUT2D eigenvalue weighted by Gasteiger charge is -2.05. The first-order chi connectivity index (χ1) is 7.70. The van der Waals surface area contributed by atoms with E-state index in [1.807, 2.05) is 12.3 Å². The fourth-order valence-electron chi connectivity index (χ4n) is 1.30. The van der Waals surface area contributed by atoms with Crippen molar-refractivity contribution in [1.82, 2.24) is 4.98 Å². The smallest absolute Gasteiger partial charge is 0.165 e. The van der Waals surface area contributed by atoms with Crippen LogP contribution in [0, 0.1) is 5.82 Å². The van der Waals surface area contributed by atoms with Gasteiger partial charge in [0.15, 0.2) is 11.6 Å². The monoisotopic (exact) mass is 255 g/mol. The molecule has 16 heavy (non-hydrogen) atoms. The Morgan fingerprint density at radius 2 is 2.31 bits per heavy atom. The van der Waals surface area contributed by atoms with Crippen molar-refractivity contribution in [2.45, 2.75) is 11.9 Å². The van der Waals surface area contributed by atoms with Crippen LogP contribution in [0.4, 0.5) is 4.39 Å². The number of hydrogen-bond acceptors (Lipinski definition) is 4. The number of nitrogens with zero attached hydrogens (tertiary/aromatic N) is 1. The summed E-state index contributed by atoms with van der Waals surface area (Å²) in [6.45, 7) is 2.27. The molecule has 0 saturated carbocycles. The second-order valence-electron chi connectivity index (χ2n) is 3.09. The summed E-state index contributed by atoms with van der Waals surface area (Å²) < 4.78 is 18.7. The summed E-state index contributed by atoms with van der Waals surface area (Å²) in [5.41, 5.74) is 0.742. The summed E-state index contributed by atoms with van der Waals surface area (Å²) in [7, 11) is 0. The first-order valence-electron chi connectivity index (χ1n) is 4.78. The number of halogens is 1. The highest BCUT2D eigenvalue weighted by Gasteiger charge is 2.08. The van der Waals surface area contributed by atoms with Gasteiger partial charge in [-0.1, -0.05) is 0 Å². The number of rotatable bonds is 3. The van der Waals surface area contributed by atoms with Crippen LogP contribution in [0.25, 0.3) is 10.6 Å². The summed E-state index contributed by atoms with van der Waals surface area (Å²) in [6, 6.07) is 4.84. The lowest BCUT2D eigenvalue weighted by Crippen LogP contribution is -1.94. The molecule has 0 radical (unpaired) electrons. The van der Waals surface area contributed by atoms with Crippen molar-refractivity contribution in [3.05, 3.63) is 29.4 Å². The maximum absolute atomic E-state index is 13.6. The molecule has 1 heterocycles. The Morgan fingerprint density at radius 1 is 1.50 bits per heavy atom. The van der Waals surface area contributed by atoms with Crippen molar-refractivity contribution < 1.29 is 9.13 Å². The highest BCUT2D eigenvalue weighted by atomic mass is 32.1. The molecule has 0 spiro atoms. The Morgan fingerprint density at radius 3 is 2.88 bits per heavy atom. The predicted molar refractivity (Wildman–Crippen MR) is 65.9 cm³/mol. The van der Waals surface area contributed by atoms with Crippen LogP contribution in [0.2, 0.25) is 0 Å². The molecule has 0 amide bonds. The van der Waals surface area contributed by atoms with E-state index in [1.165, 1.54) is 17.4 Å². The number of ether oxygens (including phenoxy) is 1. The molecule has 0 N–H and O–H groups in total. The van der Waals surface area contributed by atoms with Gasteiger partial charge >= 0.3 is 0 Å². The van der Waals surface area contributed by atoms with Crippen molar-refractivity contribution in [2.75, 3.05) is 6.61 Å². The molecule has 0 fully saturated rings. The van der Waals surface area contributed by atoms with E-state index in [-0.39, 0.29) is 11.6 Å². The molecule has 0 bridgehead atoms. The van der Waals surface area contributed by atoms with Crippen LogP contribution in [-0.4, -0.2) is 11.6 Å². The molecule has 2 rings (SSSR count). The van der Waals surface area contributed by atoms with Crippen LogP contribution in [0.15, 0.2) is 28.6 Å². The van der Waals surface area contributed by atoms with Gasteiger partial charge in [0.05, 0.1) is 6.61 Å². The van der Waals surface area contributed by atoms with Crippen LogP contribution in [0.3, 0.4) is 0 Å². The minimum Gasteiger partial charge on any atom is -0.491 e. The zero-order chi connectivity index (χ0) is 11.5. The van der Waals surface area contributed by atoms with Crippen molar-refractivity contribution in [3.8, 4) is 16.3 Å². The number of benzene rings is 1. The molecule has 0 aliphatic rings. The Balaban J connectivity index is 2.34. The van der Waals surface area contributed by atoms with Gasteiger partial charge in [0.2, 0.25) is 0 Å². The highest BCUT2D eigenvalue weighted by Crippen LogP contribution is 2.28. The number of hydrogen-bond donors (Lipinski definition) is 1. The maximum Gasteiger partial charge on any atom is 0.165 e. The third kappa shape index (κ3) is 2.36. The molecule has 2 aromatic rings. The molecule has 1 aromatic heterocycles. The number of thiol groups is 1. The maximum atomic E-state index is 13.6. The standard InChI is InChI=1S/C11H10FNOS2/c1-2-14-9-4-3-7(5-8(9)12)11-13-10(15)6-16-11/h3-6,15H,2H2,1H3. The van der Waals surface area contributed by atoms with E-state index in [0.717, 1.165) is 10.6 Å². The molecule has 0 unspecified atom stereocenters. The second-order valence-corrected chi connectivity index (χ2v) is 4.41. The lowest BCUT2D eigenvalue weighted by atomic mass is 10.2. The third-order valence-electron chi connectivity index (χ3n) is 1.97. The molecular weight excluding hydrogens is 245 g/mol. The van der Waals surface area contributed by atoms with Gasteiger partial charge in [-0.25, -0.2) is 9.37 Å². The summed E-state index contributed by atoms with van der Waals surface area (Å²) in [5, 5.41) is 3.22. The third-order valence-corrected chi connectivity index (χ3v) is 3.27. The summed E-state index contributed by atoms with van der Waals surface area (Å²) in [5.74, 6) is -0.0934. The lowest BCUT2D eigenvalue weighted by molar-refractivity contribution is 0.321. The molecule has 2 nitrogen and oxygen atoms in total. The molecule has 0 aliphatic carbocycles. The van der Waals surface area contributed by atoms with Crippen LogP contribution in [0.5, 0.6) is 5.75 Å². The van der Waals surface area contributed by atoms with Gasteiger partial charge in [0, 0.05) is 10.9 Å². The van der Waals surface area contributed by atoms with Gasteiger partial charge in [0.25, 0.3) is 0 Å². The zero-order valence-electron chi connectivity index (χ0n) is 8.61. The Bertz CT molecular complexity index is 498. The van der Waals surface area contributed by atoms with Gasteiger partial charge in [-0.05, 0) is 25.1 Å². The average Bonchev–Trinajstić information content (AvgIpc) is 2.68. The van der Waals surface area contributed by atoms with E-state index < -0.39 is 0 Å². The van der Waals surface area contributed by atoms with Crippen LogP contribution in [-0.2, 0) is 0 Å². The molecule has 5 heteroatoms. The highest BCUT2D eigenvalue weighted by molar-refractivity contribution is 7.80. The van der Waals surface area contributed by atoms with Crippen LogP contribution < -0.4 is 4.74 Å². The van der Waals surface area contributed by atoms with Crippen LogP contribution in [0.1, 0.15) is 6.92 Å². The van der Waals surface area contributed by atoms with Crippen LogP contribution >= 0.6 is 24.0 Å². The molecular formula is C11H10FNOS2. The number of aromatic nitrogens is 1. The van der Waals surface area contributed by atoms with Crippen molar-refractivity contribution in [3.63, 3.8) is 0 Å². The van der Waals surface area contributed by atoms with Gasteiger partial charge in [-0.15, -0.1) is 24.0 Å². The van der Waals surface area contributed by atoms with E-state index in [2.05, 4.69) is 17.6 Å². The fourth-order valence-corrected chi connectivity index (χ4v) is 2.31. The van der Waals surface area contributed by atoms with Crippen molar-refractivity contribution >= 4 is 24.0 Å². The first kappa shape index (κ1) is 11.4. The second kappa shape index (κ2) is 4.84. The molecule has 0 saturated heterocycles.